The van der Waals surface area contributed by atoms with Crippen LogP contribution in [0.2, 0.25) is 0 Å². The molecule has 1 rings (SSSR count). The maximum atomic E-state index is 12.1. The molecule has 110 valence electrons. The topological polar surface area (TPSA) is 79.7 Å². The molecule has 20 heavy (non-hydrogen) atoms. The highest BCUT2D eigenvalue weighted by Crippen LogP contribution is 2.11. The summed E-state index contributed by atoms with van der Waals surface area (Å²) in [6, 6.07) is 3.25. The van der Waals surface area contributed by atoms with Gasteiger partial charge in [0.2, 0.25) is 5.88 Å². The van der Waals surface area contributed by atoms with E-state index in [9.17, 15) is 9.59 Å². The second-order valence-electron chi connectivity index (χ2n) is 4.98. The van der Waals surface area contributed by atoms with Gasteiger partial charge < -0.3 is 14.7 Å². The Kier molecular flexibility index (Phi) is 5.49. The number of aliphatic carboxylic acids is 1. The van der Waals surface area contributed by atoms with Gasteiger partial charge in [-0.15, -0.1) is 0 Å². The number of hydrogen-bond acceptors (Lipinski definition) is 4. The molecule has 0 spiro atoms. The van der Waals surface area contributed by atoms with Crippen molar-refractivity contribution in [2.45, 2.75) is 26.9 Å². The summed E-state index contributed by atoms with van der Waals surface area (Å²) in [5.41, 5.74) is 0.404. The predicted molar refractivity (Wildman–Crippen MR) is 73.8 cm³/mol. The first-order valence-electron chi connectivity index (χ1n) is 6.42. The van der Waals surface area contributed by atoms with Crippen LogP contribution in [0, 0.1) is 5.92 Å². The second-order valence-corrected chi connectivity index (χ2v) is 4.98. The number of nitrogens with zero attached hydrogens (tertiary/aromatic N) is 2. The first-order valence-corrected chi connectivity index (χ1v) is 6.42. The quantitative estimate of drug-likeness (QED) is 0.857. The molecule has 0 bridgehead atoms. The van der Waals surface area contributed by atoms with Crippen LogP contribution < -0.4 is 4.74 Å². The van der Waals surface area contributed by atoms with Gasteiger partial charge in [-0.1, -0.05) is 6.92 Å². The smallest absolute Gasteiger partial charge is 0.308 e. The number of pyridine rings is 1. The van der Waals surface area contributed by atoms with Crippen LogP contribution in [0.25, 0.3) is 0 Å². The van der Waals surface area contributed by atoms with E-state index < -0.39 is 11.9 Å². The third kappa shape index (κ3) is 4.53. The SMILES string of the molecule is CC(C)Oc1ccc(C(=O)N(C)CC(C)C(=O)O)cn1. The summed E-state index contributed by atoms with van der Waals surface area (Å²) in [7, 11) is 1.57. The van der Waals surface area contributed by atoms with E-state index in [4.69, 9.17) is 9.84 Å². The van der Waals surface area contributed by atoms with Crippen molar-refractivity contribution in [1.82, 2.24) is 9.88 Å². The number of carbonyl (C=O) groups excluding carboxylic acids is 1. The first kappa shape index (κ1) is 15.9. The van der Waals surface area contributed by atoms with Crippen molar-refractivity contribution in [3.05, 3.63) is 23.9 Å². The lowest BCUT2D eigenvalue weighted by Crippen LogP contribution is -2.33. The Hall–Kier alpha value is -2.11. The number of aromatic nitrogens is 1. The van der Waals surface area contributed by atoms with E-state index in [1.54, 1.807) is 26.1 Å². The van der Waals surface area contributed by atoms with Crippen LogP contribution in [-0.2, 0) is 4.79 Å². The van der Waals surface area contributed by atoms with E-state index in [2.05, 4.69) is 4.98 Å². The molecular weight excluding hydrogens is 260 g/mol. The van der Waals surface area contributed by atoms with Crippen molar-refractivity contribution in [2.24, 2.45) is 5.92 Å². The van der Waals surface area contributed by atoms with Gasteiger partial charge in [-0.2, -0.15) is 0 Å². The molecule has 1 aromatic heterocycles. The Bertz CT molecular complexity index is 471. The molecule has 0 aliphatic rings. The summed E-state index contributed by atoms with van der Waals surface area (Å²) in [5, 5.41) is 8.84. The maximum absolute atomic E-state index is 12.1. The van der Waals surface area contributed by atoms with E-state index in [-0.39, 0.29) is 18.6 Å². The summed E-state index contributed by atoms with van der Waals surface area (Å²) in [6.45, 7) is 5.49. The molecule has 1 N–H and O–H groups in total. The highest BCUT2D eigenvalue weighted by molar-refractivity contribution is 5.94. The second kappa shape index (κ2) is 6.88. The van der Waals surface area contributed by atoms with Crippen LogP contribution in [0.5, 0.6) is 5.88 Å². The van der Waals surface area contributed by atoms with Gasteiger partial charge in [0.25, 0.3) is 5.91 Å². The maximum Gasteiger partial charge on any atom is 0.308 e. The van der Waals surface area contributed by atoms with Crippen molar-refractivity contribution < 1.29 is 19.4 Å². The fraction of sp³-hybridized carbons (Fsp3) is 0.500. The van der Waals surface area contributed by atoms with E-state index >= 15 is 0 Å². The van der Waals surface area contributed by atoms with E-state index in [1.165, 1.54) is 11.1 Å². The lowest BCUT2D eigenvalue weighted by molar-refractivity contribution is -0.141. The minimum absolute atomic E-state index is 0.0168. The van der Waals surface area contributed by atoms with Gasteiger partial charge in [-0.3, -0.25) is 9.59 Å². The molecule has 1 heterocycles. The van der Waals surface area contributed by atoms with Crippen molar-refractivity contribution in [3.63, 3.8) is 0 Å². The average Bonchev–Trinajstić information content (AvgIpc) is 2.37. The van der Waals surface area contributed by atoms with Crippen molar-refractivity contribution in [2.75, 3.05) is 13.6 Å². The Balaban J connectivity index is 2.69. The standard InChI is InChI=1S/C14H20N2O4/c1-9(2)20-12-6-5-11(7-15-12)13(17)16(4)8-10(3)14(18)19/h5-7,9-10H,8H2,1-4H3,(H,18,19). The Morgan fingerprint density at radius 3 is 2.45 bits per heavy atom. The fourth-order valence-electron chi connectivity index (χ4n) is 1.61. The lowest BCUT2D eigenvalue weighted by atomic mass is 10.1. The number of ether oxygens (including phenoxy) is 1. The molecule has 6 heteroatoms. The van der Waals surface area contributed by atoms with Gasteiger partial charge >= 0.3 is 5.97 Å². The first-order chi connectivity index (χ1) is 9.31. The number of carbonyl (C=O) groups is 2. The van der Waals surface area contributed by atoms with Crippen molar-refractivity contribution >= 4 is 11.9 Å². The minimum atomic E-state index is -0.927. The Morgan fingerprint density at radius 2 is 2.00 bits per heavy atom. The molecule has 6 nitrogen and oxygen atoms in total. The van der Waals surface area contributed by atoms with Gasteiger partial charge in [0.15, 0.2) is 0 Å². The third-order valence-electron chi connectivity index (χ3n) is 2.66. The van der Waals surface area contributed by atoms with E-state index in [1.807, 2.05) is 13.8 Å². The van der Waals surface area contributed by atoms with Gasteiger partial charge in [0.05, 0.1) is 17.6 Å². The summed E-state index contributed by atoms with van der Waals surface area (Å²) in [6.07, 6.45) is 1.45. The van der Waals surface area contributed by atoms with Crippen molar-refractivity contribution in [3.8, 4) is 5.88 Å². The fourth-order valence-corrected chi connectivity index (χ4v) is 1.61. The minimum Gasteiger partial charge on any atom is -0.481 e. The number of rotatable bonds is 6. The van der Waals surface area contributed by atoms with Gasteiger partial charge in [0, 0.05) is 25.9 Å². The lowest BCUT2D eigenvalue weighted by Gasteiger charge is -2.19. The normalized spacial score (nSPS) is 12.1. The molecule has 0 aliphatic carbocycles. The predicted octanol–water partition coefficient (Wildman–Crippen LogP) is 1.66. The highest BCUT2D eigenvalue weighted by atomic mass is 16.5. The van der Waals surface area contributed by atoms with Gasteiger partial charge in [0.1, 0.15) is 0 Å². The van der Waals surface area contributed by atoms with Crippen LogP contribution in [0.3, 0.4) is 0 Å². The number of carboxylic acids is 1. The monoisotopic (exact) mass is 280 g/mol. The zero-order chi connectivity index (χ0) is 15.3. The van der Waals surface area contributed by atoms with Crippen LogP contribution >= 0.6 is 0 Å². The highest BCUT2D eigenvalue weighted by Gasteiger charge is 2.18. The van der Waals surface area contributed by atoms with Crippen LogP contribution in [0.15, 0.2) is 18.3 Å². The zero-order valence-electron chi connectivity index (χ0n) is 12.2. The van der Waals surface area contributed by atoms with Crippen LogP contribution in [0.4, 0.5) is 0 Å². The van der Waals surface area contributed by atoms with Crippen LogP contribution in [0.1, 0.15) is 31.1 Å². The summed E-state index contributed by atoms with van der Waals surface area (Å²) in [5.74, 6) is -1.34. The number of amides is 1. The average molecular weight is 280 g/mol. The summed E-state index contributed by atoms with van der Waals surface area (Å²) in [4.78, 5) is 28.3. The van der Waals surface area contributed by atoms with Crippen LogP contribution in [-0.4, -0.2) is 46.6 Å². The molecule has 0 saturated heterocycles. The molecule has 0 radical (unpaired) electrons. The summed E-state index contributed by atoms with van der Waals surface area (Å²) < 4.78 is 5.39. The molecule has 1 amide bonds. The van der Waals surface area contributed by atoms with E-state index in [0.29, 0.717) is 11.4 Å². The molecule has 0 saturated carbocycles. The van der Waals surface area contributed by atoms with Gasteiger partial charge in [-0.25, -0.2) is 4.98 Å². The number of hydrogen-bond donors (Lipinski definition) is 1. The Labute approximate surface area is 118 Å². The Morgan fingerprint density at radius 1 is 1.35 bits per heavy atom. The molecule has 0 aliphatic heterocycles. The number of carboxylic acid groups (broad SMARTS) is 1. The largest absolute Gasteiger partial charge is 0.481 e. The van der Waals surface area contributed by atoms with Crippen molar-refractivity contribution in [1.29, 1.82) is 0 Å². The molecule has 0 aromatic carbocycles. The molecule has 0 fully saturated rings. The molecule has 1 atom stereocenters. The van der Waals surface area contributed by atoms with E-state index in [0.717, 1.165) is 0 Å². The third-order valence-corrected chi connectivity index (χ3v) is 2.66. The molecule has 1 unspecified atom stereocenters. The van der Waals surface area contributed by atoms with Gasteiger partial charge in [-0.05, 0) is 19.9 Å². The zero-order valence-corrected chi connectivity index (χ0v) is 12.2. The molecular formula is C14H20N2O4. The molecule has 1 aromatic rings. The summed E-state index contributed by atoms with van der Waals surface area (Å²) >= 11 is 0.